The number of aromatic nitrogens is 3. The molecule has 0 aliphatic rings. The van der Waals surface area contributed by atoms with Gasteiger partial charge >= 0.3 is 0 Å². The summed E-state index contributed by atoms with van der Waals surface area (Å²) < 4.78 is 13.8. The second-order valence-corrected chi connectivity index (χ2v) is 3.40. The van der Waals surface area contributed by atoms with Crippen molar-refractivity contribution < 1.29 is 4.39 Å². The lowest BCUT2D eigenvalue weighted by molar-refractivity contribution is 0.427. The molecule has 0 atom stereocenters. The number of hydrogen-bond donors (Lipinski definition) is 1. The van der Waals surface area contributed by atoms with Crippen LogP contribution in [0.15, 0.2) is 30.7 Å². The summed E-state index contributed by atoms with van der Waals surface area (Å²) >= 11 is 0. The van der Waals surface area contributed by atoms with Crippen molar-refractivity contribution in [2.24, 2.45) is 5.73 Å². The molecule has 0 fully saturated rings. The van der Waals surface area contributed by atoms with E-state index in [0.717, 1.165) is 16.8 Å². The summed E-state index contributed by atoms with van der Waals surface area (Å²) in [6, 6.07) is 3.72. The van der Waals surface area contributed by atoms with Gasteiger partial charge < -0.3 is 5.73 Å². The molecule has 0 unspecified atom stereocenters. The molecule has 2 heterocycles. The molecule has 0 amide bonds. The van der Waals surface area contributed by atoms with Crippen molar-refractivity contribution in [1.82, 2.24) is 14.8 Å². The van der Waals surface area contributed by atoms with Gasteiger partial charge in [-0.1, -0.05) is 0 Å². The topological polar surface area (TPSA) is 56.7 Å². The predicted molar refractivity (Wildman–Crippen MR) is 59.3 cm³/mol. The first-order valence-corrected chi connectivity index (χ1v) is 5.08. The van der Waals surface area contributed by atoms with E-state index in [-0.39, 0.29) is 6.54 Å². The van der Waals surface area contributed by atoms with E-state index >= 15 is 0 Å². The number of rotatable bonds is 4. The lowest BCUT2D eigenvalue weighted by atomic mass is 10.1. The van der Waals surface area contributed by atoms with Gasteiger partial charge in [-0.05, 0) is 12.1 Å². The Morgan fingerprint density at radius 2 is 2.06 bits per heavy atom. The molecule has 0 saturated heterocycles. The molecule has 0 aliphatic heterocycles. The van der Waals surface area contributed by atoms with Gasteiger partial charge in [-0.2, -0.15) is 5.10 Å². The smallest absolute Gasteiger partial charge is 0.109 e. The van der Waals surface area contributed by atoms with Gasteiger partial charge in [-0.15, -0.1) is 0 Å². The largest absolute Gasteiger partial charge is 0.326 e. The lowest BCUT2D eigenvalue weighted by Gasteiger charge is -1.98. The molecule has 0 aliphatic carbocycles. The molecule has 2 rings (SSSR count). The van der Waals surface area contributed by atoms with Crippen LogP contribution in [0.5, 0.6) is 0 Å². The van der Waals surface area contributed by atoms with Crippen molar-refractivity contribution in [2.75, 3.05) is 6.67 Å². The van der Waals surface area contributed by atoms with Crippen LogP contribution in [-0.4, -0.2) is 21.4 Å². The third kappa shape index (κ3) is 2.09. The van der Waals surface area contributed by atoms with Crippen molar-refractivity contribution in [2.45, 2.75) is 13.1 Å². The highest BCUT2D eigenvalue weighted by Crippen LogP contribution is 2.20. The molecule has 2 N–H and O–H groups in total. The monoisotopic (exact) mass is 220 g/mol. The van der Waals surface area contributed by atoms with Gasteiger partial charge in [0, 0.05) is 36.3 Å². The van der Waals surface area contributed by atoms with Crippen molar-refractivity contribution >= 4 is 0 Å². The maximum atomic E-state index is 12.2. The zero-order chi connectivity index (χ0) is 11.4. The molecule has 2 aromatic rings. The van der Waals surface area contributed by atoms with Crippen LogP contribution in [0, 0.1) is 0 Å². The van der Waals surface area contributed by atoms with Gasteiger partial charge in [0.15, 0.2) is 0 Å². The molecule has 0 aromatic carbocycles. The first kappa shape index (κ1) is 10.8. The molecule has 84 valence electrons. The van der Waals surface area contributed by atoms with Crippen LogP contribution in [-0.2, 0) is 13.1 Å². The molecule has 0 saturated carbocycles. The summed E-state index contributed by atoms with van der Waals surface area (Å²) in [5.74, 6) is 0. The van der Waals surface area contributed by atoms with E-state index in [1.165, 1.54) is 0 Å². The Morgan fingerprint density at radius 3 is 2.69 bits per heavy atom. The standard InChI is InChI=1S/C11H13FN4/c12-3-6-16-8-10(7-13)11(15-16)9-1-4-14-5-2-9/h1-2,4-5,8H,3,6-7,13H2. The highest BCUT2D eigenvalue weighted by Gasteiger charge is 2.09. The fraction of sp³-hybridized carbons (Fsp3) is 0.273. The van der Waals surface area contributed by atoms with Gasteiger partial charge in [0.1, 0.15) is 6.67 Å². The zero-order valence-corrected chi connectivity index (χ0v) is 8.81. The molecule has 0 radical (unpaired) electrons. The minimum absolute atomic E-state index is 0.262. The number of nitrogens with zero attached hydrogens (tertiary/aromatic N) is 3. The Hall–Kier alpha value is -1.75. The SMILES string of the molecule is NCc1cn(CCF)nc1-c1ccncc1. The van der Waals surface area contributed by atoms with Crippen molar-refractivity contribution in [1.29, 1.82) is 0 Å². The highest BCUT2D eigenvalue weighted by atomic mass is 19.1. The first-order valence-electron chi connectivity index (χ1n) is 5.08. The fourth-order valence-corrected chi connectivity index (χ4v) is 1.57. The predicted octanol–water partition coefficient (Wildman–Crippen LogP) is 1.37. The Morgan fingerprint density at radius 1 is 1.31 bits per heavy atom. The average molecular weight is 220 g/mol. The number of alkyl halides is 1. The molecule has 16 heavy (non-hydrogen) atoms. The van der Waals surface area contributed by atoms with Crippen LogP contribution in [0.25, 0.3) is 11.3 Å². The third-order valence-electron chi connectivity index (χ3n) is 2.32. The van der Waals surface area contributed by atoms with Crippen LogP contribution >= 0.6 is 0 Å². The minimum atomic E-state index is -0.429. The quantitative estimate of drug-likeness (QED) is 0.846. The second-order valence-electron chi connectivity index (χ2n) is 3.40. The summed E-state index contributed by atoms with van der Waals surface area (Å²) in [5, 5.41) is 4.31. The minimum Gasteiger partial charge on any atom is -0.326 e. The number of hydrogen-bond acceptors (Lipinski definition) is 3. The lowest BCUT2D eigenvalue weighted by Crippen LogP contribution is -1.99. The second kappa shape index (κ2) is 4.85. The molecule has 5 heteroatoms. The Labute approximate surface area is 92.9 Å². The molecule has 4 nitrogen and oxygen atoms in total. The highest BCUT2D eigenvalue weighted by molar-refractivity contribution is 5.61. The fourth-order valence-electron chi connectivity index (χ4n) is 1.57. The van der Waals surface area contributed by atoms with Crippen LogP contribution in [0.4, 0.5) is 4.39 Å². The normalized spacial score (nSPS) is 10.6. The van der Waals surface area contributed by atoms with Gasteiger partial charge in [0.05, 0.1) is 12.2 Å². The van der Waals surface area contributed by atoms with E-state index in [2.05, 4.69) is 10.1 Å². The van der Waals surface area contributed by atoms with Gasteiger partial charge in [0.25, 0.3) is 0 Å². The van der Waals surface area contributed by atoms with E-state index in [9.17, 15) is 4.39 Å². The Bertz CT molecular complexity index is 452. The van der Waals surface area contributed by atoms with E-state index in [1.807, 2.05) is 12.1 Å². The summed E-state index contributed by atoms with van der Waals surface area (Å²) in [6.07, 6.45) is 5.18. The van der Waals surface area contributed by atoms with Crippen LogP contribution in [0.1, 0.15) is 5.56 Å². The van der Waals surface area contributed by atoms with E-state index < -0.39 is 6.67 Å². The maximum absolute atomic E-state index is 12.2. The average Bonchev–Trinajstić information content (AvgIpc) is 2.74. The Kier molecular flexibility index (Phi) is 3.26. The maximum Gasteiger partial charge on any atom is 0.109 e. The van der Waals surface area contributed by atoms with Gasteiger partial charge in [-0.3, -0.25) is 9.67 Å². The van der Waals surface area contributed by atoms with Gasteiger partial charge in [0.2, 0.25) is 0 Å². The van der Waals surface area contributed by atoms with Crippen molar-refractivity contribution in [3.8, 4) is 11.3 Å². The van der Waals surface area contributed by atoms with Gasteiger partial charge in [-0.25, -0.2) is 4.39 Å². The van der Waals surface area contributed by atoms with Crippen molar-refractivity contribution in [3.05, 3.63) is 36.3 Å². The molecule has 0 spiro atoms. The number of nitrogens with two attached hydrogens (primary N) is 1. The summed E-state index contributed by atoms with van der Waals surface area (Å²) in [7, 11) is 0. The molecule has 0 bridgehead atoms. The number of halogens is 1. The number of aryl methyl sites for hydroxylation is 1. The Balaban J connectivity index is 2.39. The zero-order valence-electron chi connectivity index (χ0n) is 8.81. The van der Waals surface area contributed by atoms with Crippen LogP contribution < -0.4 is 5.73 Å². The summed E-state index contributed by atoms with van der Waals surface area (Å²) in [5.41, 5.74) is 8.31. The van der Waals surface area contributed by atoms with E-state index in [0.29, 0.717) is 6.54 Å². The molecular formula is C11H13FN4. The first-order chi connectivity index (χ1) is 7.85. The molecular weight excluding hydrogens is 207 g/mol. The molecule has 2 aromatic heterocycles. The van der Waals surface area contributed by atoms with Crippen LogP contribution in [0.3, 0.4) is 0 Å². The van der Waals surface area contributed by atoms with Crippen LogP contribution in [0.2, 0.25) is 0 Å². The van der Waals surface area contributed by atoms with E-state index in [4.69, 9.17) is 5.73 Å². The summed E-state index contributed by atoms with van der Waals surface area (Å²) in [4.78, 5) is 3.94. The van der Waals surface area contributed by atoms with Crippen molar-refractivity contribution in [3.63, 3.8) is 0 Å². The van der Waals surface area contributed by atoms with E-state index in [1.54, 1.807) is 23.3 Å². The third-order valence-corrected chi connectivity index (χ3v) is 2.32. The number of pyridine rings is 1. The summed E-state index contributed by atoms with van der Waals surface area (Å²) in [6.45, 7) is 0.226.